The molecule has 168 valence electrons. The smallest absolute Gasteiger partial charge is 0.344 e. The monoisotopic (exact) mass is 457 g/mol. The van der Waals surface area contributed by atoms with Crippen molar-refractivity contribution in [3.05, 3.63) is 58.2 Å². The normalized spacial score (nSPS) is 15.9. The van der Waals surface area contributed by atoms with Crippen LogP contribution in [0.1, 0.15) is 12.5 Å². The number of aromatic hydroxyl groups is 1. The van der Waals surface area contributed by atoms with Crippen molar-refractivity contribution in [3.8, 4) is 23.0 Å². The molecule has 1 aliphatic heterocycles. The highest BCUT2D eigenvalue weighted by molar-refractivity contribution is 8.18. The van der Waals surface area contributed by atoms with Gasteiger partial charge in [0.05, 0.1) is 38.5 Å². The molecule has 8 nitrogen and oxygen atoms in total. The molecule has 3 rings (SSSR count). The van der Waals surface area contributed by atoms with Crippen molar-refractivity contribution >= 4 is 34.5 Å². The third-order valence-corrected chi connectivity index (χ3v) is 5.51. The molecule has 1 heterocycles. The number of carbonyl (C=O) groups is 1. The van der Waals surface area contributed by atoms with Crippen LogP contribution in [0, 0.1) is 0 Å². The summed E-state index contributed by atoms with van der Waals surface area (Å²) in [7, 11) is 4.26. The zero-order valence-electron chi connectivity index (χ0n) is 18.0. The predicted octanol–water partition coefficient (Wildman–Crippen LogP) is 4.61. The second kappa shape index (κ2) is 10.1. The van der Waals surface area contributed by atoms with Gasteiger partial charge in [-0.25, -0.2) is 9.79 Å². The molecule has 0 aromatic heterocycles. The van der Waals surface area contributed by atoms with Crippen LogP contribution in [0.3, 0.4) is 0 Å². The molecule has 0 amide bonds. The minimum Gasteiger partial charge on any atom is -0.506 e. The number of aliphatic hydroxyl groups is 1. The molecule has 2 aromatic rings. The molecule has 2 N–H and O–H groups in total. The van der Waals surface area contributed by atoms with E-state index in [-0.39, 0.29) is 22.1 Å². The van der Waals surface area contributed by atoms with E-state index in [9.17, 15) is 15.0 Å². The lowest BCUT2D eigenvalue weighted by atomic mass is 10.1. The first-order chi connectivity index (χ1) is 15.4. The van der Waals surface area contributed by atoms with Crippen molar-refractivity contribution < 1.29 is 34.0 Å². The first-order valence-corrected chi connectivity index (χ1v) is 10.4. The molecule has 0 saturated carbocycles. The SMILES string of the molecule is CCOc1cccc(/C=C2/SC(=Nc3ccc(OC)c(OC)c3)C(C(=O)OC)=C2O)c1O. The lowest BCUT2D eigenvalue weighted by Crippen LogP contribution is -2.10. The molecule has 2 aromatic carbocycles. The first kappa shape index (κ1) is 23.1. The Morgan fingerprint density at radius 1 is 1.06 bits per heavy atom. The summed E-state index contributed by atoms with van der Waals surface area (Å²) in [5.41, 5.74) is 0.836. The number of para-hydroxylation sites is 1. The van der Waals surface area contributed by atoms with Crippen molar-refractivity contribution in [2.75, 3.05) is 27.9 Å². The number of carbonyl (C=O) groups excluding carboxylic acids is 1. The van der Waals surface area contributed by atoms with E-state index in [1.807, 2.05) is 6.92 Å². The molecular weight excluding hydrogens is 434 g/mol. The number of phenols is 1. The quantitative estimate of drug-likeness (QED) is 0.581. The van der Waals surface area contributed by atoms with Gasteiger partial charge in [0, 0.05) is 11.6 Å². The third-order valence-electron chi connectivity index (χ3n) is 4.49. The van der Waals surface area contributed by atoms with Crippen LogP contribution in [0.4, 0.5) is 5.69 Å². The van der Waals surface area contributed by atoms with E-state index in [2.05, 4.69) is 4.99 Å². The van der Waals surface area contributed by atoms with Crippen LogP contribution in [0.2, 0.25) is 0 Å². The molecule has 0 fully saturated rings. The Balaban J connectivity index is 2.06. The number of rotatable bonds is 7. The number of thioether (sulfide) groups is 1. The first-order valence-electron chi connectivity index (χ1n) is 9.60. The number of ether oxygens (including phenoxy) is 4. The Kier molecular flexibility index (Phi) is 7.32. The van der Waals surface area contributed by atoms with Gasteiger partial charge in [-0.2, -0.15) is 0 Å². The minimum atomic E-state index is -0.732. The molecule has 0 bridgehead atoms. The van der Waals surface area contributed by atoms with Crippen molar-refractivity contribution in [1.82, 2.24) is 0 Å². The third kappa shape index (κ3) is 4.67. The summed E-state index contributed by atoms with van der Waals surface area (Å²) in [5.74, 6) is 0.235. The maximum Gasteiger partial charge on any atom is 0.344 e. The summed E-state index contributed by atoms with van der Waals surface area (Å²) in [4.78, 5) is 17.2. The largest absolute Gasteiger partial charge is 0.506 e. The number of benzene rings is 2. The summed E-state index contributed by atoms with van der Waals surface area (Å²) in [5, 5.41) is 21.5. The van der Waals surface area contributed by atoms with Crippen LogP contribution < -0.4 is 14.2 Å². The highest BCUT2D eigenvalue weighted by Gasteiger charge is 2.33. The van der Waals surface area contributed by atoms with Gasteiger partial charge in [0.15, 0.2) is 23.0 Å². The molecule has 0 spiro atoms. The molecule has 32 heavy (non-hydrogen) atoms. The molecule has 0 saturated heterocycles. The second-order valence-corrected chi connectivity index (χ2v) is 7.44. The van der Waals surface area contributed by atoms with Crippen LogP contribution in [0.25, 0.3) is 6.08 Å². The van der Waals surface area contributed by atoms with Gasteiger partial charge in [-0.05, 0) is 31.2 Å². The Bertz CT molecular complexity index is 1120. The average Bonchev–Trinajstić information content (AvgIpc) is 3.10. The topological polar surface area (TPSA) is 107 Å². The van der Waals surface area contributed by atoms with Crippen LogP contribution in [0.5, 0.6) is 23.0 Å². The van der Waals surface area contributed by atoms with Gasteiger partial charge in [0.2, 0.25) is 0 Å². The van der Waals surface area contributed by atoms with Crippen LogP contribution in [0.15, 0.2) is 57.6 Å². The van der Waals surface area contributed by atoms with Gasteiger partial charge in [-0.15, -0.1) is 0 Å². The highest BCUT2D eigenvalue weighted by atomic mass is 32.2. The molecule has 0 atom stereocenters. The predicted molar refractivity (Wildman–Crippen MR) is 123 cm³/mol. The number of nitrogens with zero attached hydrogens (tertiary/aromatic N) is 1. The molecule has 0 radical (unpaired) electrons. The van der Waals surface area contributed by atoms with E-state index in [0.29, 0.717) is 40.0 Å². The molecule has 0 aliphatic carbocycles. The van der Waals surface area contributed by atoms with Crippen LogP contribution >= 0.6 is 11.8 Å². The lowest BCUT2D eigenvalue weighted by Gasteiger charge is -2.08. The van der Waals surface area contributed by atoms with Crippen molar-refractivity contribution in [2.24, 2.45) is 4.99 Å². The van der Waals surface area contributed by atoms with E-state index < -0.39 is 5.97 Å². The Labute approximate surface area is 189 Å². The van der Waals surface area contributed by atoms with Gasteiger partial charge in [0.25, 0.3) is 0 Å². The summed E-state index contributed by atoms with van der Waals surface area (Å²) in [6, 6.07) is 10.1. The van der Waals surface area contributed by atoms with E-state index in [1.165, 1.54) is 21.3 Å². The number of aliphatic hydroxyl groups excluding tert-OH is 1. The second-order valence-electron chi connectivity index (χ2n) is 6.41. The fourth-order valence-electron chi connectivity index (χ4n) is 2.97. The summed E-state index contributed by atoms with van der Waals surface area (Å²) in [6.45, 7) is 2.20. The molecule has 1 aliphatic rings. The molecule has 9 heteroatoms. The Hall–Kier alpha value is -3.59. The fourth-order valence-corrected chi connectivity index (χ4v) is 4.00. The summed E-state index contributed by atoms with van der Waals surface area (Å²) in [6.07, 6.45) is 1.55. The van der Waals surface area contributed by atoms with Gasteiger partial charge in [0.1, 0.15) is 16.4 Å². The Morgan fingerprint density at radius 2 is 1.81 bits per heavy atom. The van der Waals surface area contributed by atoms with Gasteiger partial charge < -0.3 is 29.2 Å². The number of methoxy groups -OCH3 is 3. The number of phenolic OH excluding ortho intramolecular Hbond substituents is 1. The van der Waals surface area contributed by atoms with Crippen molar-refractivity contribution in [2.45, 2.75) is 6.92 Å². The number of aliphatic imine (C=N–C) groups is 1. The van der Waals surface area contributed by atoms with Gasteiger partial charge >= 0.3 is 5.97 Å². The van der Waals surface area contributed by atoms with Crippen LogP contribution in [-0.4, -0.2) is 49.2 Å². The average molecular weight is 458 g/mol. The van der Waals surface area contributed by atoms with E-state index in [1.54, 1.807) is 42.5 Å². The maximum atomic E-state index is 12.4. The van der Waals surface area contributed by atoms with Gasteiger partial charge in [-0.1, -0.05) is 23.9 Å². The zero-order chi connectivity index (χ0) is 23.3. The van der Waals surface area contributed by atoms with Crippen molar-refractivity contribution in [3.63, 3.8) is 0 Å². The summed E-state index contributed by atoms with van der Waals surface area (Å²) >= 11 is 1.07. The number of hydrogen-bond acceptors (Lipinski definition) is 9. The van der Waals surface area contributed by atoms with Crippen molar-refractivity contribution in [1.29, 1.82) is 0 Å². The van der Waals surface area contributed by atoms with Gasteiger partial charge in [-0.3, -0.25) is 0 Å². The number of esters is 1. The Morgan fingerprint density at radius 3 is 2.47 bits per heavy atom. The number of hydrogen-bond donors (Lipinski definition) is 2. The zero-order valence-corrected chi connectivity index (χ0v) is 18.9. The van der Waals surface area contributed by atoms with E-state index in [0.717, 1.165) is 11.8 Å². The summed E-state index contributed by atoms with van der Waals surface area (Å²) < 4.78 is 20.8. The van der Waals surface area contributed by atoms with Crippen LogP contribution in [-0.2, 0) is 9.53 Å². The highest BCUT2D eigenvalue weighted by Crippen LogP contribution is 2.42. The van der Waals surface area contributed by atoms with E-state index >= 15 is 0 Å². The fraction of sp³-hybridized carbons (Fsp3) is 0.217. The van der Waals surface area contributed by atoms with E-state index in [4.69, 9.17) is 18.9 Å². The minimum absolute atomic E-state index is 0.0693. The molecule has 0 unspecified atom stereocenters. The standard InChI is InChI=1S/C23H23NO7S/c1-5-31-16-8-6-7-13(20(16)25)11-18-21(26)19(23(27)30-4)22(32-18)24-14-9-10-15(28-2)17(12-14)29-3/h6-12,25-26H,5H2,1-4H3/b18-11+,24-22?. The maximum absolute atomic E-state index is 12.4. The molecular formula is C23H23NO7S. The lowest BCUT2D eigenvalue weighted by molar-refractivity contribution is -0.135.